The maximum Gasteiger partial charge on any atom is 0.234 e. The van der Waals surface area contributed by atoms with Gasteiger partial charge in [-0.25, -0.2) is 0 Å². The van der Waals surface area contributed by atoms with E-state index in [2.05, 4.69) is 10.1 Å². The fraction of sp³-hybridized carbons (Fsp3) is 0.750. The van der Waals surface area contributed by atoms with Crippen LogP contribution >= 0.6 is 0 Å². The molecule has 94 valence electrons. The van der Waals surface area contributed by atoms with Crippen molar-refractivity contribution in [3.63, 3.8) is 0 Å². The lowest BCUT2D eigenvalue weighted by Crippen LogP contribution is -2.15. The molecule has 0 amide bonds. The van der Waals surface area contributed by atoms with Crippen molar-refractivity contribution in [3.8, 4) is 0 Å². The van der Waals surface area contributed by atoms with Gasteiger partial charge in [0, 0.05) is 25.0 Å². The molecule has 1 saturated heterocycles. The van der Waals surface area contributed by atoms with Gasteiger partial charge in [-0.05, 0) is 12.8 Å². The molecule has 0 aromatic carbocycles. The van der Waals surface area contributed by atoms with Crippen molar-refractivity contribution in [1.29, 1.82) is 0 Å². The monoisotopic (exact) mass is 238 g/mol. The lowest BCUT2D eigenvalue weighted by Gasteiger charge is -2.18. The number of nitrogens with zero attached hydrogens (tertiary/aromatic N) is 2. The molecular weight excluding hydrogens is 220 g/mol. The van der Waals surface area contributed by atoms with E-state index in [1.807, 2.05) is 13.8 Å². The van der Waals surface area contributed by atoms with Gasteiger partial charge in [0.05, 0.1) is 6.42 Å². The molecule has 1 aromatic heterocycles. The standard InChI is InChI=1S/C12H18N2O3/c1-8(2)10(15)7-11-13-12(14-17-11)9-3-5-16-6-4-9/h8-9H,3-7H2,1-2H3. The third-order valence-electron chi connectivity index (χ3n) is 3.04. The van der Waals surface area contributed by atoms with Gasteiger partial charge in [-0.2, -0.15) is 4.98 Å². The minimum atomic E-state index is 0.00781. The predicted octanol–water partition coefficient (Wildman–Crippen LogP) is 1.73. The van der Waals surface area contributed by atoms with E-state index in [-0.39, 0.29) is 18.1 Å². The van der Waals surface area contributed by atoms with E-state index in [0.717, 1.165) is 31.9 Å². The summed E-state index contributed by atoms with van der Waals surface area (Å²) in [6.07, 6.45) is 2.10. The average Bonchev–Trinajstić information content (AvgIpc) is 2.78. The van der Waals surface area contributed by atoms with Gasteiger partial charge in [-0.15, -0.1) is 0 Å². The third-order valence-corrected chi connectivity index (χ3v) is 3.04. The molecule has 1 aliphatic rings. The van der Waals surface area contributed by atoms with E-state index in [4.69, 9.17) is 9.26 Å². The fourth-order valence-corrected chi connectivity index (χ4v) is 1.81. The van der Waals surface area contributed by atoms with Crippen molar-refractivity contribution in [1.82, 2.24) is 10.1 Å². The molecule has 0 bridgehead atoms. The Kier molecular flexibility index (Phi) is 3.89. The summed E-state index contributed by atoms with van der Waals surface area (Å²) in [6, 6.07) is 0. The van der Waals surface area contributed by atoms with Gasteiger partial charge < -0.3 is 9.26 Å². The molecule has 0 radical (unpaired) electrons. The highest BCUT2D eigenvalue weighted by Crippen LogP contribution is 2.24. The van der Waals surface area contributed by atoms with E-state index in [1.54, 1.807) is 0 Å². The molecule has 0 aliphatic carbocycles. The van der Waals surface area contributed by atoms with Crippen LogP contribution in [0.15, 0.2) is 4.52 Å². The maximum atomic E-state index is 11.5. The Bertz CT molecular complexity index is 381. The highest BCUT2D eigenvalue weighted by atomic mass is 16.5. The van der Waals surface area contributed by atoms with E-state index < -0.39 is 0 Å². The van der Waals surface area contributed by atoms with Gasteiger partial charge in [0.1, 0.15) is 5.78 Å². The summed E-state index contributed by atoms with van der Waals surface area (Å²) in [7, 11) is 0. The molecule has 2 rings (SSSR count). The number of rotatable bonds is 4. The number of aromatic nitrogens is 2. The molecule has 5 nitrogen and oxygen atoms in total. The summed E-state index contributed by atoms with van der Waals surface area (Å²) in [5.74, 6) is 1.61. The summed E-state index contributed by atoms with van der Waals surface area (Å²) >= 11 is 0. The SMILES string of the molecule is CC(C)C(=O)Cc1nc(C2CCOCC2)no1. The van der Waals surface area contributed by atoms with Gasteiger partial charge in [0.25, 0.3) is 0 Å². The van der Waals surface area contributed by atoms with Crippen LogP contribution < -0.4 is 0 Å². The van der Waals surface area contributed by atoms with E-state index in [0.29, 0.717) is 11.8 Å². The Morgan fingerprint density at radius 1 is 1.41 bits per heavy atom. The normalized spacial score (nSPS) is 17.6. The summed E-state index contributed by atoms with van der Waals surface area (Å²) in [6.45, 7) is 5.25. The number of ketones is 1. The zero-order valence-corrected chi connectivity index (χ0v) is 10.3. The van der Waals surface area contributed by atoms with Gasteiger partial charge in [-0.3, -0.25) is 4.79 Å². The highest BCUT2D eigenvalue weighted by molar-refractivity contribution is 5.81. The molecule has 0 saturated carbocycles. The fourth-order valence-electron chi connectivity index (χ4n) is 1.81. The number of hydrogen-bond acceptors (Lipinski definition) is 5. The van der Waals surface area contributed by atoms with Crippen LogP contribution in [0.25, 0.3) is 0 Å². The topological polar surface area (TPSA) is 65.2 Å². The Morgan fingerprint density at radius 3 is 2.76 bits per heavy atom. The second-order valence-electron chi connectivity index (χ2n) is 4.73. The molecule has 2 heterocycles. The predicted molar refractivity (Wildman–Crippen MR) is 60.6 cm³/mol. The number of hydrogen-bond donors (Lipinski definition) is 0. The molecule has 1 fully saturated rings. The van der Waals surface area contributed by atoms with Gasteiger partial charge >= 0.3 is 0 Å². The molecule has 0 unspecified atom stereocenters. The number of ether oxygens (including phenoxy) is 1. The molecular formula is C12H18N2O3. The highest BCUT2D eigenvalue weighted by Gasteiger charge is 2.22. The van der Waals surface area contributed by atoms with E-state index in [9.17, 15) is 4.79 Å². The van der Waals surface area contributed by atoms with Gasteiger partial charge in [0.15, 0.2) is 5.82 Å². The lowest BCUT2D eigenvalue weighted by atomic mass is 10.00. The molecule has 0 N–H and O–H groups in total. The molecule has 5 heteroatoms. The molecule has 17 heavy (non-hydrogen) atoms. The minimum Gasteiger partial charge on any atom is -0.381 e. The quantitative estimate of drug-likeness (QED) is 0.799. The zero-order valence-electron chi connectivity index (χ0n) is 10.3. The van der Waals surface area contributed by atoms with Crippen LogP contribution in [0.1, 0.15) is 44.3 Å². The van der Waals surface area contributed by atoms with Crippen LogP contribution in [-0.4, -0.2) is 29.1 Å². The first-order chi connectivity index (χ1) is 8.16. The first-order valence-electron chi connectivity index (χ1n) is 6.09. The van der Waals surface area contributed by atoms with Crippen LogP contribution in [0.5, 0.6) is 0 Å². The molecule has 1 aromatic rings. The number of carbonyl (C=O) groups excluding carboxylic acids is 1. The lowest BCUT2D eigenvalue weighted by molar-refractivity contribution is -0.121. The van der Waals surface area contributed by atoms with Crippen LogP contribution in [0.3, 0.4) is 0 Å². The Hall–Kier alpha value is -1.23. The number of carbonyl (C=O) groups is 1. The van der Waals surface area contributed by atoms with Gasteiger partial charge in [0.2, 0.25) is 5.89 Å². The van der Waals surface area contributed by atoms with E-state index >= 15 is 0 Å². The largest absolute Gasteiger partial charge is 0.381 e. The minimum absolute atomic E-state index is 0.00781. The second kappa shape index (κ2) is 5.40. The summed E-state index contributed by atoms with van der Waals surface area (Å²) < 4.78 is 10.4. The molecule has 1 aliphatic heterocycles. The molecule has 0 spiro atoms. The van der Waals surface area contributed by atoms with Crippen LogP contribution in [0.4, 0.5) is 0 Å². The van der Waals surface area contributed by atoms with Crippen molar-refractivity contribution < 1.29 is 14.1 Å². The first kappa shape index (κ1) is 12.2. The van der Waals surface area contributed by atoms with Crippen molar-refractivity contribution in [3.05, 3.63) is 11.7 Å². The average molecular weight is 238 g/mol. The Morgan fingerprint density at radius 2 is 2.12 bits per heavy atom. The van der Waals surface area contributed by atoms with E-state index in [1.165, 1.54) is 0 Å². The van der Waals surface area contributed by atoms with Crippen LogP contribution in [0, 0.1) is 5.92 Å². The summed E-state index contributed by atoms with van der Waals surface area (Å²) in [5.41, 5.74) is 0. The van der Waals surface area contributed by atoms with Crippen molar-refractivity contribution in [2.45, 2.75) is 39.0 Å². The maximum absolute atomic E-state index is 11.5. The smallest absolute Gasteiger partial charge is 0.234 e. The summed E-state index contributed by atoms with van der Waals surface area (Å²) in [5, 5.41) is 3.96. The summed E-state index contributed by atoms with van der Waals surface area (Å²) in [4.78, 5) is 15.9. The Balaban J connectivity index is 1.97. The van der Waals surface area contributed by atoms with Crippen molar-refractivity contribution in [2.75, 3.05) is 13.2 Å². The number of Topliss-reactive ketones (excluding diaryl/α,β-unsaturated/α-hetero) is 1. The third kappa shape index (κ3) is 3.12. The van der Waals surface area contributed by atoms with Crippen LogP contribution in [0.2, 0.25) is 0 Å². The second-order valence-corrected chi connectivity index (χ2v) is 4.73. The van der Waals surface area contributed by atoms with Gasteiger partial charge in [-0.1, -0.05) is 19.0 Å². The zero-order chi connectivity index (χ0) is 12.3. The van der Waals surface area contributed by atoms with Crippen molar-refractivity contribution >= 4 is 5.78 Å². The molecule has 0 atom stereocenters. The van der Waals surface area contributed by atoms with Crippen LogP contribution in [-0.2, 0) is 16.0 Å². The first-order valence-corrected chi connectivity index (χ1v) is 6.09. The van der Waals surface area contributed by atoms with Crippen molar-refractivity contribution in [2.24, 2.45) is 5.92 Å². The Labute approximate surface area is 101 Å².